The molecule has 3 aromatic carbocycles. The highest BCUT2D eigenvalue weighted by Gasteiger charge is 2.34. The molecule has 0 bridgehead atoms. The Morgan fingerprint density at radius 3 is 1.72 bits per heavy atom. The molecule has 8 N–H and O–H groups in total. The number of carbonyl (C=O) groups excluding carboxylic acids is 5. The minimum atomic E-state index is -0.479. The topological polar surface area (TPSA) is 247 Å². The average Bonchev–Trinajstić information content (AvgIpc) is 3.90. The van der Waals surface area contributed by atoms with Crippen LogP contribution in [0.3, 0.4) is 0 Å². The van der Waals surface area contributed by atoms with Gasteiger partial charge in [0.05, 0.1) is 22.1 Å². The van der Waals surface area contributed by atoms with Crippen LogP contribution in [-0.4, -0.2) is 88.5 Å². The number of thiophene rings is 2. The Hall–Kier alpha value is -6.46. The summed E-state index contributed by atoms with van der Waals surface area (Å²) in [5, 5.41) is 31.6. The highest BCUT2D eigenvalue weighted by atomic mass is 32.2. The number of fused-ring (bicyclic) bond motifs is 2. The second-order valence-electron chi connectivity index (χ2n) is 21.3. The van der Waals surface area contributed by atoms with Gasteiger partial charge in [0.25, 0.3) is 11.8 Å². The predicted molar refractivity (Wildman–Crippen MR) is 330 cm³/mol. The third-order valence-electron chi connectivity index (χ3n) is 15.1. The van der Waals surface area contributed by atoms with Gasteiger partial charge in [0.15, 0.2) is 10.3 Å². The molecule has 0 radical (unpaired) electrons. The number of benzene rings is 3. The standard InChI is InChI=1S/C22H23N5O2S2.C21H21N5O2S2.C17H26N2OS/c1-12(20(29)24-21-17(18(23)28)15-8-5-9-16(15)31-21)30-22-26-25-19(13-10-11-13)27(22)14-6-3-2-4-7-14;22-18(28)17-14-7-4-8-15(14)30-20(17)23-16(27)11-29-21-25-24-19(12-9-10-12)26(21)13-5-2-1-3-6-13;1-14-7-5-6-10-16(14)19-17(20)18-11-12-21-13-15-8-3-2-4-9-15/h2-4,6-7,12-13H,5,8-11H2,1H3,(H2,23,28)(H,24,29);1-3,5-6,12H,4,7-11H2,(H2,22,28)(H,23,27);2-4,8-9,14,16H,5-7,10-13H2,1H3,(H2,18,19,20). The van der Waals surface area contributed by atoms with Crippen molar-refractivity contribution in [3.63, 3.8) is 0 Å². The first-order chi connectivity index (χ1) is 39.9. The van der Waals surface area contributed by atoms with Crippen LogP contribution in [0.4, 0.5) is 14.8 Å². The van der Waals surface area contributed by atoms with E-state index in [2.05, 4.69) is 77.4 Å². The molecule has 3 unspecified atom stereocenters. The van der Waals surface area contributed by atoms with Crippen molar-refractivity contribution >= 4 is 97.6 Å². The number of nitrogens with two attached hydrogens (primary N) is 2. The number of aryl methyl sites for hydroxylation is 2. The van der Waals surface area contributed by atoms with Gasteiger partial charge in [0.1, 0.15) is 21.7 Å². The first-order valence-electron chi connectivity index (χ1n) is 28.4. The monoisotopic (exact) mass is 1200 g/mol. The maximum atomic E-state index is 13.0. The molecule has 3 fully saturated rings. The van der Waals surface area contributed by atoms with Crippen LogP contribution in [-0.2, 0) is 41.0 Å². The maximum Gasteiger partial charge on any atom is 0.315 e. The molecule has 5 aliphatic rings. The lowest BCUT2D eigenvalue weighted by Gasteiger charge is -2.29. The lowest BCUT2D eigenvalue weighted by atomic mass is 9.86. The van der Waals surface area contributed by atoms with Crippen molar-refractivity contribution < 1.29 is 24.0 Å². The number of thioether (sulfide) groups is 3. The third-order valence-corrected chi connectivity index (χ3v) is 20.5. The van der Waals surface area contributed by atoms with E-state index in [1.54, 1.807) is 0 Å². The Kier molecular flexibility index (Phi) is 19.9. The summed E-state index contributed by atoms with van der Waals surface area (Å²) < 4.78 is 4.10. The Morgan fingerprint density at radius 1 is 0.646 bits per heavy atom. The van der Waals surface area contributed by atoms with E-state index < -0.39 is 17.1 Å². The van der Waals surface area contributed by atoms with Crippen LogP contribution >= 0.6 is 58.0 Å². The molecule has 5 aliphatic carbocycles. The number of amides is 6. The van der Waals surface area contributed by atoms with E-state index in [1.807, 2.05) is 90.0 Å². The van der Waals surface area contributed by atoms with Gasteiger partial charge in [-0.05, 0) is 131 Å². The van der Waals surface area contributed by atoms with Crippen LogP contribution in [0.5, 0.6) is 0 Å². The fourth-order valence-corrected chi connectivity index (χ4v) is 15.6. The van der Waals surface area contributed by atoms with Crippen LogP contribution in [0.2, 0.25) is 0 Å². The second-order valence-corrected chi connectivity index (χ2v) is 26.9. The molecule has 22 heteroatoms. The predicted octanol–water partition coefficient (Wildman–Crippen LogP) is 11.2. The number of carbonyl (C=O) groups is 5. The molecule has 0 spiro atoms. The molecule has 17 nitrogen and oxygen atoms in total. The fourth-order valence-electron chi connectivity index (χ4n) is 10.6. The summed E-state index contributed by atoms with van der Waals surface area (Å²) in [5.41, 5.74) is 17.5. The molecule has 7 aromatic rings. The van der Waals surface area contributed by atoms with Crippen molar-refractivity contribution in [2.45, 2.75) is 143 Å². The summed E-state index contributed by atoms with van der Waals surface area (Å²) >= 11 is 7.51. The van der Waals surface area contributed by atoms with Gasteiger partial charge in [0.2, 0.25) is 11.8 Å². The minimum Gasteiger partial charge on any atom is -0.365 e. The van der Waals surface area contributed by atoms with Gasteiger partial charge in [-0.15, -0.1) is 43.1 Å². The highest BCUT2D eigenvalue weighted by molar-refractivity contribution is 8.00. The molecule has 82 heavy (non-hydrogen) atoms. The number of hydrogen-bond acceptors (Lipinski definition) is 14. The van der Waals surface area contributed by atoms with Crippen LogP contribution in [0.25, 0.3) is 11.4 Å². The SMILES string of the molecule is CC(Sc1nnc(C2CC2)n1-c1ccccc1)C(=O)Nc1sc2c(c1C(N)=O)CCC2.CC1CCCCC1NC(=O)NCCSCc1ccccc1.NC(=O)c1c(NC(=O)CSc2nnc(C3CC3)n2-c2ccccc2)sc2c1CCC2. The van der Waals surface area contributed by atoms with Gasteiger partial charge < -0.3 is 32.7 Å². The summed E-state index contributed by atoms with van der Waals surface area (Å²) in [6, 6.07) is 30.7. The third kappa shape index (κ3) is 14.8. The molecular weight excluding hydrogens is 1130 g/mol. The van der Waals surface area contributed by atoms with E-state index in [0.717, 1.165) is 133 Å². The number of nitrogens with zero attached hydrogens (tertiary/aromatic N) is 6. The van der Waals surface area contributed by atoms with Gasteiger partial charge in [0, 0.05) is 57.1 Å². The first-order valence-corrected chi connectivity index (χ1v) is 33.0. The number of nitrogens with one attached hydrogen (secondary N) is 4. The van der Waals surface area contributed by atoms with Crippen molar-refractivity contribution in [2.24, 2.45) is 17.4 Å². The first kappa shape index (κ1) is 58.7. The maximum absolute atomic E-state index is 13.0. The second kappa shape index (κ2) is 27.7. The Morgan fingerprint density at radius 2 is 1.17 bits per heavy atom. The Balaban J connectivity index is 0.000000141. The van der Waals surface area contributed by atoms with Crippen LogP contribution in [0, 0.1) is 5.92 Å². The van der Waals surface area contributed by atoms with Gasteiger partial charge in [-0.3, -0.25) is 28.3 Å². The number of hydrogen-bond donors (Lipinski definition) is 6. The summed E-state index contributed by atoms with van der Waals surface area (Å²) in [6.07, 6.45) is 15.0. The van der Waals surface area contributed by atoms with Crippen LogP contribution in [0.15, 0.2) is 101 Å². The minimum absolute atomic E-state index is 0.00550. The van der Waals surface area contributed by atoms with Gasteiger partial charge in [-0.25, -0.2) is 4.79 Å². The number of rotatable bonds is 20. The molecule has 4 heterocycles. The average molecular weight is 1200 g/mol. The molecule has 0 saturated heterocycles. The Bertz CT molecular complexity index is 3360. The summed E-state index contributed by atoms with van der Waals surface area (Å²) in [5.74, 6) is 4.19. The van der Waals surface area contributed by atoms with Gasteiger partial charge >= 0.3 is 6.03 Å². The fraction of sp³-hybridized carbons (Fsp3) is 0.417. The number of urea groups is 1. The van der Waals surface area contributed by atoms with E-state index in [9.17, 15) is 24.0 Å². The number of para-hydroxylation sites is 2. The number of anilines is 2. The summed E-state index contributed by atoms with van der Waals surface area (Å²) in [4.78, 5) is 63.7. The van der Waals surface area contributed by atoms with E-state index in [1.165, 1.54) is 71.0 Å². The lowest BCUT2D eigenvalue weighted by Crippen LogP contribution is -2.46. The molecule has 12 rings (SSSR count). The highest BCUT2D eigenvalue weighted by Crippen LogP contribution is 2.44. The van der Waals surface area contributed by atoms with Crippen molar-refractivity contribution in [1.29, 1.82) is 0 Å². The number of primary amides is 2. The van der Waals surface area contributed by atoms with Crippen LogP contribution in [0.1, 0.15) is 149 Å². The van der Waals surface area contributed by atoms with Crippen molar-refractivity contribution in [3.8, 4) is 11.4 Å². The smallest absolute Gasteiger partial charge is 0.315 e. The largest absolute Gasteiger partial charge is 0.365 e. The van der Waals surface area contributed by atoms with Crippen molar-refractivity contribution in [2.75, 3.05) is 28.7 Å². The summed E-state index contributed by atoms with van der Waals surface area (Å²) in [7, 11) is 0. The zero-order valence-corrected chi connectivity index (χ0v) is 50.3. The molecule has 3 atom stereocenters. The number of aromatic nitrogens is 6. The van der Waals surface area contributed by atoms with Gasteiger partial charge in [-0.1, -0.05) is 110 Å². The quantitative estimate of drug-likeness (QED) is 0.0308. The van der Waals surface area contributed by atoms with Crippen LogP contribution < -0.4 is 32.7 Å². The zero-order chi connectivity index (χ0) is 57.1. The lowest BCUT2D eigenvalue weighted by molar-refractivity contribution is -0.115. The molecular formula is C60H70N12O5S5. The van der Waals surface area contributed by atoms with E-state index in [0.29, 0.717) is 55.2 Å². The summed E-state index contributed by atoms with van der Waals surface area (Å²) in [6.45, 7) is 4.80. The van der Waals surface area contributed by atoms with E-state index >= 15 is 0 Å². The van der Waals surface area contributed by atoms with E-state index in [-0.39, 0.29) is 23.6 Å². The van der Waals surface area contributed by atoms with Gasteiger partial charge in [-0.2, -0.15) is 11.8 Å². The van der Waals surface area contributed by atoms with Crippen molar-refractivity contribution in [3.05, 3.63) is 140 Å². The molecule has 430 valence electrons. The van der Waals surface area contributed by atoms with Crippen molar-refractivity contribution in [1.82, 2.24) is 40.2 Å². The van der Waals surface area contributed by atoms with E-state index in [4.69, 9.17) is 11.5 Å². The molecule has 6 amide bonds. The zero-order valence-electron chi connectivity index (χ0n) is 46.2. The molecule has 3 saturated carbocycles. The Labute approximate surface area is 499 Å². The molecule has 0 aliphatic heterocycles. The normalized spacial score (nSPS) is 17.2. The molecule has 4 aromatic heterocycles.